The molecule has 1 unspecified atom stereocenters. The first-order valence-electron chi connectivity index (χ1n) is 18.7. The van der Waals surface area contributed by atoms with Crippen molar-refractivity contribution in [3.05, 3.63) is 36.8 Å². The lowest BCUT2D eigenvalue weighted by Crippen LogP contribution is -2.69. The van der Waals surface area contributed by atoms with Crippen molar-refractivity contribution in [2.24, 2.45) is 61.6 Å². The van der Waals surface area contributed by atoms with Crippen molar-refractivity contribution in [2.75, 3.05) is 6.26 Å². The van der Waals surface area contributed by atoms with E-state index in [0.29, 0.717) is 48.0 Å². The van der Waals surface area contributed by atoms with Gasteiger partial charge in [0.15, 0.2) is 0 Å². The van der Waals surface area contributed by atoms with E-state index in [0.717, 1.165) is 38.5 Å². The summed E-state index contributed by atoms with van der Waals surface area (Å²) in [4.78, 5) is 11.8. The highest BCUT2D eigenvalue weighted by Crippen LogP contribution is 2.81. The number of sulfonamides is 1. The van der Waals surface area contributed by atoms with Gasteiger partial charge in [0.2, 0.25) is 10.0 Å². The topological polar surface area (TPSA) is 92.7 Å². The van der Waals surface area contributed by atoms with E-state index in [2.05, 4.69) is 72.9 Å². The van der Waals surface area contributed by atoms with Crippen molar-refractivity contribution in [1.82, 2.24) is 4.72 Å². The van der Waals surface area contributed by atoms with Gasteiger partial charge in [-0.1, -0.05) is 66.9 Å². The van der Waals surface area contributed by atoms with Gasteiger partial charge in [-0.25, -0.2) is 8.42 Å². The highest BCUT2D eigenvalue weighted by molar-refractivity contribution is 7.88. The molecule has 0 spiro atoms. The molecule has 0 amide bonds. The molecular weight excluding hydrogens is 619 g/mol. The highest BCUT2D eigenvalue weighted by atomic mass is 32.2. The monoisotopic (exact) mass is 685 g/mol. The molecule has 5 fully saturated rings. The van der Waals surface area contributed by atoms with Crippen LogP contribution in [0.5, 0.6) is 0 Å². The van der Waals surface area contributed by atoms with Crippen LogP contribution in [-0.4, -0.2) is 31.9 Å². The Bertz CT molecular complexity index is 1480. The summed E-state index contributed by atoms with van der Waals surface area (Å²) >= 11 is 0. The fourth-order valence-electron chi connectivity index (χ4n) is 13.9. The summed E-state index contributed by atoms with van der Waals surface area (Å²) in [5.74, 6) is 1.78. The maximum atomic E-state index is 12.2. The standard InChI is InChI=1S/C41H67NO5S/c1-26(2)29-14-21-41(24-27(3)42-48(13,45)46)23-22-40(12)38(10)19-15-30-36(7,8)32(47-28(4)25-35(5,6)34(43)44)17-18-37(30,9)31(38)16-20-39(40,11)33(29)41/h29-33,42H,1,3-4,14-25H2,2,5-13H3,(H,43,44)/t29-,30-,31+,32?,33+,37-,38+,39+,40-,41+/m0/s1. The summed E-state index contributed by atoms with van der Waals surface area (Å²) in [6.07, 6.45) is 13.7. The summed E-state index contributed by atoms with van der Waals surface area (Å²) < 4.78 is 33.8. The number of fused-ring (bicyclic) bond motifs is 7. The molecule has 0 aliphatic heterocycles. The third-order valence-electron chi connectivity index (χ3n) is 16.3. The number of nitrogens with one attached hydrogen (secondary N) is 1. The van der Waals surface area contributed by atoms with Crippen LogP contribution in [0.3, 0.4) is 0 Å². The average Bonchev–Trinajstić information content (AvgIpc) is 3.31. The second kappa shape index (κ2) is 11.6. The summed E-state index contributed by atoms with van der Waals surface area (Å²) in [7, 11) is -3.37. The van der Waals surface area contributed by atoms with E-state index in [4.69, 9.17) is 4.74 Å². The van der Waals surface area contributed by atoms with Gasteiger partial charge in [-0.05, 0) is 142 Å². The zero-order chi connectivity index (χ0) is 36.1. The van der Waals surface area contributed by atoms with E-state index in [-0.39, 0.29) is 38.6 Å². The highest BCUT2D eigenvalue weighted by Gasteiger charge is 2.74. The second-order valence-corrected chi connectivity index (χ2v) is 21.5. The van der Waals surface area contributed by atoms with Crippen LogP contribution in [0.2, 0.25) is 0 Å². The number of hydrogen-bond acceptors (Lipinski definition) is 4. The van der Waals surface area contributed by atoms with Crippen molar-refractivity contribution in [1.29, 1.82) is 0 Å². The Labute approximate surface area is 293 Å². The molecule has 10 atom stereocenters. The first kappa shape index (κ1) is 37.5. The molecule has 5 saturated carbocycles. The predicted molar refractivity (Wildman–Crippen MR) is 195 cm³/mol. The van der Waals surface area contributed by atoms with Crippen molar-refractivity contribution < 1.29 is 23.1 Å². The van der Waals surface area contributed by atoms with Crippen LogP contribution in [-0.2, 0) is 19.6 Å². The number of rotatable bonds is 10. The molecule has 5 rings (SSSR count). The Morgan fingerprint density at radius 3 is 2.06 bits per heavy atom. The van der Waals surface area contributed by atoms with Crippen molar-refractivity contribution >= 4 is 16.0 Å². The fraction of sp³-hybridized carbons (Fsp3) is 0.829. The molecule has 0 heterocycles. The number of aliphatic carboxylic acids is 1. The molecule has 48 heavy (non-hydrogen) atoms. The smallest absolute Gasteiger partial charge is 0.309 e. The lowest BCUT2D eigenvalue weighted by Gasteiger charge is -2.76. The van der Waals surface area contributed by atoms with Gasteiger partial charge in [0.1, 0.15) is 6.10 Å². The predicted octanol–water partition coefficient (Wildman–Crippen LogP) is 9.89. The molecule has 0 aromatic carbocycles. The molecule has 0 bridgehead atoms. The number of ether oxygens (including phenoxy) is 1. The zero-order valence-electron chi connectivity index (χ0n) is 32.0. The molecule has 0 saturated heterocycles. The Hall–Kier alpha value is -1.76. The van der Waals surface area contributed by atoms with Gasteiger partial charge in [-0.2, -0.15) is 0 Å². The third-order valence-corrected chi connectivity index (χ3v) is 17.0. The Balaban J connectivity index is 1.45. The quantitative estimate of drug-likeness (QED) is 0.176. The number of hydrogen-bond donors (Lipinski definition) is 2. The van der Waals surface area contributed by atoms with E-state index in [9.17, 15) is 18.3 Å². The van der Waals surface area contributed by atoms with Gasteiger partial charge in [0, 0.05) is 17.5 Å². The van der Waals surface area contributed by atoms with Gasteiger partial charge < -0.3 is 9.84 Å². The molecular formula is C41H67NO5S. The van der Waals surface area contributed by atoms with E-state index in [1.54, 1.807) is 13.8 Å². The lowest BCUT2D eigenvalue weighted by atomic mass is 9.28. The minimum absolute atomic E-state index is 0.0280. The summed E-state index contributed by atoms with van der Waals surface area (Å²) in [6, 6.07) is 0. The number of carboxylic acids is 1. The second-order valence-electron chi connectivity index (χ2n) is 19.7. The SMILES string of the molecule is C=C(C[C@]12CC[C@@H](C(=C)C)[C@@H]1[C@@]1(C)CC[C@@H]3[C@@]4(C)CCC(OC(=C)CC(C)(C)C(=O)O)C(C)(C)[C@@H]4CC[C@@]3(C)[C@]1(C)CC2)NS(C)(=O)=O. The van der Waals surface area contributed by atoms with Gasteiger partial charge >= 0.3 is 5.97 Å². The summed E-state index contributed by atoms with van der Waals surface area (Å²) in [5.41, 5.74) is 1.61. The largest absolute Gasteiger partial charge is 0.495 e. The third kappa shape index (κ3) is 5.54. The molecule has 272 valence electrons. The fourth-order valence-corrected chi connectivity index (χ4v) is 14.5. The summed E-state index contributed by atoms with van der Waals surface area (Å²) in [6.45, 7) is 34.0. The minimum atomic E-state index is -3.37. The number of carboxylic acid groups (broad SMARTS) is 1. The zero-order valence-corrected chi connectivity index (χ0v) is 32.8. The van der Waals surface area contributed by atoms with E-state index in [1.807, 2.05) is 0 Å². The summed E-state index contributed by atoms with van der Waals surface area (Å²) in [5, 5.41) is 9.70. The van der Waals surface area contributed by atoms with Crippen molar-refractivity contribution in [3.63, 3.8) is 0 Å². The molecule has 0 aromatic rings. The molecule has 7 heteroatoms. The molecule has 5 aliphatic carbocycles. The van der Waals surface area contributed by atoms with E-state index < -0.39 is 21.4 Å². The molecule has 2 N–H and O–H groups in total. The molecule has 5 aliphatic rings. The maximum absolute atomic E-state index is 12.2. The van der Waals surface area contributed by atoms with Crippen LogP contribution in [0, 0.1) is 61.6 Å². The van der Waals surface area contributed by atoms with Gasteiger partial charge in [-0.3, -0.25) is 9.52 Å². The van der Waals surface area contributed by atoms with Gasteiger partial charge in [0.05, 0.1) is 17.4 Å². The Morgan fingerprint density at radius 2 is 1.48 bits per heavy atom. The van der Waals surface area contributed by atoms with Crippen LogP contribution < -0.4 is 4.72 Å². The molecule has 6 nitrogen and oxygen atoms in total. The lowest BCUT2D eigenvalue weighted by molar-refractivity contribution is -0.278. The van der Waals surface area contributed by atoms with Crippen molar-refractivity contribution in [3.8, 4) is 0 Å². The van der Waals surface area contributed by atoms with Crippen LogP contribution in [0.15, 0.2) is 36.8 Å². The van der Waals surface area contributed by atoms with Crippen LogP contribution in [0.1, 0.15) is 139 Å². The first-order chi connectivity index (χ1) is 21.8. The van der Waals surface area contributed by atoms with E-state index >= 15 is 0 Å². The average molecular weight is 686 g/mol. The van der Waals surface area contributed by atoms with Gasteiger partial charge in [0.25, 0.3) is 0 Å². The molecule has 0 aromatic heterocycles. The van der Waals surface area contributed by atoms with E-state index in [1.165, 1.54) is 37.5 Å². The normalized spacial score (nSPS) is 43.5. The van der Waals surface area contributed by atoms with Crippen LogP contribution >= 0.6 is 0 Å². The Morgan fingerprint density at radius 1 is 0.875 bits per heavy atom. The molecule has 0 radical (unpaired) electrons. The number of carbonyl (C=O) groups is 1. The maximum Gasteiger partial charge on any atom is 0.309 e. The number of allylic oxidation sites excluding steroid dienone is 3. The first-order valence-corrected chi connectivity index (χ1v) is 20.6. The van der Waals surface area contributed by atoms with Gasteiger partial charge in [-0.15, -0.1) is 0 Å². The minimum Gasteiger partial charge on any atom is -0.495 e. The Kier molecular flexibility index (Phi) is 9.09. The van der Waals surface area contributed by atoms with Crippen molar-refractivity contribution in [2.45, 2.75) is 145 Å². The van der Waals surface area contributed by atoms with Crippen LogP contribution in [0.25, 0.3) is 0 Å². The van der Waals surface area contributed by atoms with Crippen LogP contribution in [0.4, 0.5) is 0 Å².